The molecule has 3 aromatic carbocycles. The Bertz CT molecular complexity index is 1420. The quantitative estimate of drug-likeness (QED) is 0.318. The fraction of sp³-hybridized carbons (Fsp3) is 0.107. The predicted molar refractivity (Wildman–Crippen MR) is 136 cm³/mol. The molecule has 1 amide bonds. The first-order chi connectivity index (χ1) is 16.4. The summed E-state index contributed by atoms with van der Waals surface area (Å²) < 4.78 is 13.3. The maximum atomic E-state index is 12.6. The van der Waals surface area contributed by atoms with Crippen molar-refractivity contribution in [1.29, 1.82) is 0 Å². The van der Waals surface area contributed by atoms with Gasteiger partial charge in [-0.2, -0.15) is 0 Å². The van der Waals surface area contributed by atoms with Crippen LogP contribution in [0.15, 0.2) is 72.8 Å². The molecule has 2 heterocycles. The van der Waals surface area contributed by atoms with Crippen molar-refractivity contribution in [3.63, 3.8) is 0 Å². The molecule has 0 radical (unpaired) electrons. The summed E-state index contributed by atoms with van der Waals surface area (Å²) in [5.41, 5.74) is 6.36. The highest BCUT2D eigenvalue weighted by atomic mass is 35.5. The van der Waals surface area contributed by atoms with Gasteiger partial charge in [-0.05, 0) is 92.2 Å². The zero-order valence-corrected chi connectivity index (χ0v) is 19.8. The highest BCUT2D eigenvalue weighted by Crippen LogP contribution is 2.36. The molecule has 1 aliphatic rings. The van der Waals surface area contributed by atoms with Crippen molar-refractivity contribution in [2.24, 2.45) is 0 Å². The molecule has 5 nitrogen and oxygen atoms in total. The van der Waals surface area contributed by atoms with E-state index >= 15 is 0 Å². The van der Waals surface area contributed by atoms with Crippen LogP contribution in [0.5, 0.6) is 17.2 Å². The zero-order chi connectivity index (χ0) is 23.8. The van der Waals surface area contributed by atoms with Crippen molar-refractivity contribution in [2.45, 2.75) is 13.8 Å². The number of methoxy groups -OCH3 is 1. The van der Waals surface area contributed by atoms with E-state index in [2.05, 4.69) is 29.8 Å². The monoisotopic (exact) mass is 470 g/mol. The van der Waals surface area contributed by atoms with Gasteiger partial charge in [0.1, 0.15) is 17.2 Å². The van der Waals surface area contributed by atoms with Gasteiger partial charge in [0, 0.05) is 33.2 Å². The molecule has 6 heteroatoms. The summed E-state index contributed by atoms with van der Waals surface area (Å²) in [7, 11) is 1.64. The summed E-state index contributed by atoms with van der Waals surface area (Å²) in [6, 6.07) is 23.0. The Morgan fingerprint density at radius 2 is 1.53 bits per heavy atom. The van der Waals surface area contributed by atoms with Crippen LogP contribution < -0.4 is 14.8 Å². The first-order valence-electron chi connectivity index (χ1n) is 10.9. The molecular weight excluding hydrogens is 448 g/mol. The van der Waals surface area contributed by atoms with E-state index < -0.39 is 0 Å². The van der Waals surface area contributed by atoms with Gasteiger partial charge < -0.3 is 19.4 Å². The fourth-order valence-electron chi connectivity index (χ4n) is 4.24. The number of anilines is 1. The third-order valence-corrected chi connectivity index (χ3v) is 6.16. The Hall–Kier alpha value is -3.96. The third kappa shape index (κ3) is 4.06. The molecule has 0 bridgehead atoms. The average molecular weight is 471 g/mol. The number of ether oxygens (including phenoxy) is 2. The van der Waals surface area contributed by atoms with E-state index in [0.29, 0.717) is 10.6 Å². The van der Waals surface area contributed by atoms with Gasteiger partial charge in [0.15, 0.2) is 0 Å². The average Bonchev–Trinajstić information content (AvgIpc) is 3.29. The molecule has 1 aliphatic heterocycles. The highest BCUT2D eigenvalue weighted by molar-refractivity contribution is 6.36. The number of carbonyl (C=O) groups excluding carboxylic acids is 1. The van der Waals surface area contributed by atoms with Gasteiger partial charge in [-0.15, -0.1) is 0 Å². The number of hydrogen-bond donors (Lipinski definition) is 1. The molecule has 170 valence electrons. The second-order valence-corrected chi connectivity index (χ2v) is 8.57. The van der Waals surface area contributed by atoms with Crippen molar-refractivity contribution < 1.29 is 14.3 Å². The lowest BCUT2D eigenvalue weighted by atomic mass is 10.0. The lowest BCUT2D eigenvalue weighted by Crippen LogP contribution is -2.03. The maximum absolute atomic E-state index is 12.6. The molecule has 1 aromatic heterocycles. The lowest BCUT2D eigenvalue weighted by Gasteiger charge is -2.11. The molecule has 1 N–H and O–H groups in total. The van der Waals surface area contributed by atoms with Crippen molar-refractivity contribution in [2.75, 3.05) is 12.4 Å². The third-order valence-electron chi connectivity index (χ3n) is 5.92. The summed E-state index contributed by atoms with van der Waals surface area (Å²) in [5.74, 6) is 2.15. The molecule has 0 saturated heterocycles. The van der Waals surface area contributed by atoms with Crippen LogP contribution in [0.4, 0.5) is 5.69 Å². The van der Waals surface area contributed by atoms with Crippen LogP contribution in [0.25, 0.3) is 17.3 Å². The molecule has 0 fully saturated rings. The molecule has 34 heavy (non-hydrogen) atoms. The molecule has 0 atom stereocenters. The van der Waals surface area contributed by atoms with E-state index in [4.69, 9.17) is 21.1 Å². The van der Waals surface area contributed by atoms with Crippen LogP contribution in [0, 0.1) is 13.8 Å². The summed E-state index contributed by atoms with van der Waals surface area (Å²) in [5, 5.41) is 3.49. The van der Waals surface area contributed by atoms with E-state index in [-0.39, 0.29) is 5.91 Å². The van der Waals surface area contributed by atoms with Crippen molar-refractivity contribution in [3.8, 4) is 22.9 Å². The number of benzene rings is 3. The summed E-state index contributed by atoms with van der Waals surface area (Å²) >= 11 is 6.08. The van der Waals surface area contributed by atoms with Gasteiger partial charge in [-0.25, -0.2) is 0 Å². The predicted octanol–water partition coefficient (Wildman–Crippen LogP) is 7.04. The van der Waals surface area contributed by atoms with Crippen LogP contribution in [0.3, 0.4) is 0 Å². The largest absolute Gasteiger partial charge is 0.497 e. The van der Waals surface area contributed by atoms with Crippen LogP contribution in [0.2, 0.25) is 5.02 Å². The number of nitrogens with zero attached hydrogens (tertiary/aromatic N) is 1. The Kier molecular flexibility index (Phi) is 5.64. The minimum Gasteiger partial charge on any atom is -0.497 e. The maximum Gasteiger partial charge on any atom is 0.256 e. The Labute approximate surface area is 203 Å². The summed E-state index contributed by atoms with van der Waals surface area (Å²) in [6.45, 7) is 4.11. The highest BCUT2D eigenvalue weighted by Gasteiger charge is 2.25. The first kappa shape index (κ1) is 21.9. The summed E-state index contributed by atoms with van der Waals surface area (Å²) in [6.07, 6.45) is 1.94. The number of halogens is 1. The standard InChI is InChI=1S/C28H23ClN2O3/c1-17-14-19(15-26-25-13-4-20(29)16-27(25)30-28(26)32)18(2)31(17)21-5-7-23(8-6-21)34-24-11-9-22(33-3)10-12-24/h4-16H,1-3H3,(H,30,32)/b26-15+. The zero-order valence-electron chi connectivity index (χ0n) is 19.1. The number of carbonyl (C=O) groups is 1. The van der Waals surface area contributed by atoms with Crippen molar-refractivity contribution in [1.82, 2.24) is 4.57 Å². The second-order valence-electron chi connectivity index (χ2n) is 8.14. The smallest absolute Gasteiger partial charge is 0.256 e. The van der Waals surface area contributed by atoms with Gasteiger partial charge in [0.25, 0.3) is 5.91 Å². The Morgan fingerprint density at radius 1 is 0.882 bits per heavy atom. The minimum atomic E-state index is -0.123. The first-order valence-corrected chi connectivity index (χ1v) is 11.2. The van der Waals surface area contributed by atoms with Crippen molar-refractivity contribution in [3.05, 3.63) is 100 Å². The van der Waals surface area contributed by atoms with Gasteiger partial charge >= 0.3 is 0 Å². The molecular formula is C28H23ClN2O3. The molecule has 0 spiro atoms. The number of aryl methyl sites for hydroxylation is 1. The number of fused-ring (bicyclic) bond motifs is 1. The van der Waals surface area contributed by atoms with E-state index in [1.165, 1.54) is 0 Å². The van der Waals surface area contributed by atoms with E-state index in [1.54, 1.807) is 19.2 Å². The lowest BCUT2D eigenvalue weighted by molar-refractivity contribution is -0.110. The number of nitrogens with one attached hydrogen (secondary N) is 1. The van der Waals surface area contributed by atoms with Crippen LogP contribution in [0.1, 0.15) is 22.5 Å². The van der Waals surface area contributed by atoms with Crippen molar-refractivity contribution >= 4 is 34.8 Å². The SMILES string of the molecule is COc1ccc(Oc2ccc(-n3c(C)cc(/C=C4/C(=O)Nc5cc(Cl)ccc54)c3C)cc2)cc1. The number of amides is 1. The molecule has 0 unspecified atom stereocenters. The number of aromatic nitrogens is 1. The topological polar surface area (TPSA) is 52.5 Å². The van der Waals surface area contributed by atoms with Gasteiger partial charge in [-0.3, -0.25) is 4.79 Å². The van der Waals surface area contributed by atoms with E-state index in [1.807, 2.05) is 60.7 Å². The molecule has 0 aliphatic carbocycles. The Morgan fingerprint density at radius 3 is 2.21 bits per heavy atom. The summed E-state index contributed by atoms with van der Waals surface area (Å²) in [4.78, 5) is 12.6. The van der Waals surface area contributed by atoms with Gasteiger partial charge in [0.2, 0.25) is 0 Å². The van der Waals surface area contributed by atoms with Crippen LogP contribution >= 0.6 is 11.6 Å². The van der Waals surface area contributed by atoms with E-state index in [0.717, 1.165) is 51.1 Å². The normalized spacial score (nSPS) is 13.6. The molecule has 4 aromatic rings. The van der Waals surface area contributed by atoms with Gasteiger partial charge in [0.05, 0.1) is 12.8 Å². The second kappa shape index (κ2) is 8.76. The molecule has 0 saturated carbocycles. The number of rotatable bonds is 5. The molecule has 5 rings (SSSR count). The number of hydrogen-bond acceptors (Lipinski definition) is 3. The van der Waals surface area contributed by atoms with Crippen LogP contribution in [-0.4, -0.2) is 17.6 Å². The minimum absolute atomic E-state index is 0.123. The Balaban J connectivity index is 1.42. The van der Waals surface area contributed by atoms with Gasteiger partial charge in [-0.1, -0.05) is 17.7 Å². The fourth-order valence-corrected chi connectivity index (χ4v) is 4.41. The van der Waals surface area contributed by atoms with E-state index in [9.17, 15) is 4.79 Å². The van der Waals surface area contributed by atoms with Crippen LogP contribution in [-0.2, 0) is 4.79 Å².